The van der Waals surface area contributed by atoms with Crippen molar-refractivity contribution in [2.75, 3.05) is 25.5 Å². The number of aromatic nitrogens is 1. The lowest BCUT2D eigenvalue weighted by Gasteiger charge is -2.34. The Labute approximate surface area is 113 Å². The molecule has 19 heavy (non-hydrogen) atoms. The molecule has 0 aliphatic heterocycles. The molecule has 1 aromatic heterocycles. The molecule has 0 spiro atoms. The molecule has 0 radical (unpaired) electrons. The molecule has 0 bridgehead atoms. The van der Waals surface area contributed by atoms with Crippen LogP contribution in [0.3, 0.4) is 0 Å². The van der Waals surface area contributed by atoms with Crippen LogP contribution in [-0.2, 0) is 0 Å². The standard InChI is InChI=1S/C14H21N3O2/c1-3-15-13-12(5-4-6-16-13)14(19)17(2)9-10-7-11(18)8-10/h4-6,10-11,18H,3,7-9H2,1-2H3,(H,15,16). The van der Waals surface area contributed by atoms with E-state index in [4.69, 9.17) is 0 Å². The zero-order valence-corrected chi connectivity index (χ0v) is 11.5. The maximum atomic E-state index is 12.4. The van der Waals surface area contributed by atoms with Crippen molar-refractivity contribution >= 4 is 11.7 Å². The predicted octanol–water partition coefficient (Wildman–Crippen LogP) is 1.36. The van der Waals surface area contributed by atoms with Gasteiger partial charge in [0.25, 0.3) is 5.91 Å². The van der Waals surface area contributed by atoms with Crippen LogP contribution in [0.15, 0.2) is 18.3 Å². The third kappa shape index (κ3) is 3.23. The van der Waals surface area contributed by atoms with Gasteiger partial charge in [0.05, 0.1) is 11.7 Å². The topological polar surface area (TPSA) is 65.5 Å². The summed E-state index contributed by atoms with van der Waals surface area (Å²) in [6, 6.07) is 3.56. The van der Waals surface area contributed by atoms with E-state index in [1.54, 1.807) is 30.3 Å². The van der Waals surface area contributed by atoms with Gasteiger partial charge in [0, 0.05) is 26.3 Å². The average molecular weight is 263 g/mol. The number of carbonyl (C=O) groups excluding carboxylic acids is 1. The van der Waals surface area contributed by atoms with Gasteiger partial charge in [-0.25, -0.2) is 4.98 Å². The van der Waals surface area contributed by atoms with Crippen molar-refractivity contribution in [3.05, 3.63) is 23.9 Å². The molecule has 2 N–H and O–H groups in total. The highest BCUT2D eigenvalue weighted by Crippen LogP contribution is 2.28. The summed E-state index contributed by atoms with van der Waals surface area (Å²) in [5, 5.41) is 12.4. The summed E-state index contributed by atoms with van der Waals surface area (Å²) in [6.45, 7) is 3.40. The van der Waals surface area contributed by atoms with Gasteiger partial charge in [-0.1, -0.05) is 0 Å². The summed E-state index contributed by atoms with van der Waals surface area (Å²) in [4.78, 5) is 18.3. The minimum atomic E-state index is -0.177. The van der Waals surface area contributed by atoms with Gasteiger partial charge in [0.2, 0.25) is 0 Å². The highest BCUT2D eigenvalue weighted by Gasteiger charge is 2.29. The molecule has 1 aliphatic carbocycles. The van der Waals surface area contributed by atoms with Crippen molar-refractivity contribution in [3.8, 4) is 0 Å². The number of amides is 1. The first-order valence-electron chi connectivity index (χ1n) is 6.74. The molecule has 0 unspecified atom stereocenters. The molecular formula is C14H21N3O2. The van der Waals surface area contributed by atoms with E-state index < -0.39 is 0 Å². The number of carbonyl (C=O) groups is 1. The predicted molar refractivity (Wildman–Crippen MR) is 74.1 cm³/mol. The SMILES string of the molecule is CCNc1ncccc1C(=O)N(C)CC1CC(O)C1. The smallest absolute Gasteiger partial charge is 0.257 e. The number of aliphatic hydroxyl groups excluding tert-OH is 1. The van der Waals surface area contributed by atoms with Crippen molar-refractivity contribution in [1.82, 2.24) is 9.88 Å². The maximum Gasteiger partial charge on any atom is 0.257 e. The first-order chi connectivity index (χ1) is 9.11. The van der Waals surface area contributed by atoms with Crippen LogP contribution >= 0.6 is 0 Å². The lowest BCUT2D eigenvalue weighted by Crippen LogP contribution is -2.39. The molecule has 0 saturated heterocycles. The molecular weight excluding hydrogens is 242 g/mol. The summed E-state index contributed by atoms with van der Waals surface area (Å²) < 4.78 is 0. The molecule has 2 rings (SSSR count). The van der Waals surface area contributed by atoms with Crippen molar-refractivity contribution < 1.29 is 9.90 Å². The second kappa shape index (κ2) is 6.02. The van der Waals surface area contributed by atoms with Crippen LogP contribution in [0.1, 0.15) is 30.1 Å². The zero-order valence-electron chi connectivity index (χ0n) is 11.5. The summed E-state index contributed by atoms with van der Waals surface area (Å²) in [5.74, 6) is 1.03. The number of hydrogen-bond donors (Lipinski definition) is 2. The van der Waals surface area contributed by atoms with Gasteiger partial charge in [-0.3, -0.25) is 4.79 Å². The molecule has 1 amide bonds. The van der Waals surface area contributed by atoms with Crippen LogP contribution in [0.5, 0.6) is 0 Å². The fourth-order valence-corrected chi connectivity index (χ4v) is 2.41. The second-order valence-corrected chi connectivity index (χ2v) is 5.11. The van der Waals surface area contributed by atoms with Crippen LogP contribution < -0.4 is 5.32 Å². The van der Waals surface area contributed by atoms with Crippen LogP contribution in [0.4, 0.5) is 5.82 Å². The van der Waals surface area contributed by atoms with Crippen LogP contribution in [-0.4, -0.2) is 47.1 Å². The summed E-state index contributed by atoms with van der Waals surface area (Å²) in [6.07, 6.45) is 3.09. The Kier molecular flexibility index (Phi) is 4.37. The van der Waals surface area contributed by atoms with Gasteiger partial charge in [-0.05, 0) is 37.8 Å². The van der Waals surface area contributed by atoms with E-state index in [1.807, 2.05) is 6.92 Å². The van der Waals surface area contributed by atoms with Crippen molar-refractivity contribution in [2.24, 2.45) is 5.92 Å². The van der Waals surface area contributed by atoms with E-state index in [0.29, 0.717) is 23.8 Å². The molecule has 1 aromatic rings. The highest BCUT2D eigenvalue weighted by atomic mass is 16.3. The Morgan fingerprint density at radius 3 is 2.95 bits per heavy atom. The lowest BCUT2D eigenvalue weighted by molar-refractivity contribution is 0.0265. The van der Waals surface area contributed by atoms with Crippen LogP contribution in [0, 0.1) is 5.92 Å². The van der Waals surface area contributed by atoms with E-state index in [9.17, 15) is 9.90 Å². The van der Waals surface area contributed by atoms with Gasteiger partial charge in [0.1, 0.15) is 5.82 Å². The monoisotopic (exact) mass is 263 g/mol. The molecule has 0 aromatic carbocycles. The number of nitrogens with zero attached hydrogens (tertiary/aromatic N) is 2. The number of nitrogens with one attached hydrogen (secondary N) is 1. The molecule has 0 atom stereocenters. The second-order valence-electron chi connectivity index (χ2n) is 5.11. The summed E-state index contributed by atoms with van der Waals surface area (Å²) >= 11 is 0. The van der Waals surface area contributed by atoms with E-state index in [2.05, 4.69) is 10.3 Å². The Bertz CT molecular complexity index is 444. The van der Waals surface area contributed by atoms with Gasteiger partial charge in [0.15, 0.2) is 0 Å². The summed E-state index contributed by atoms with van der Waals surface area (Å²) in [7, 11) is 1.80. The Hall–Kier alpha value is -1.62. The van der Waals surface area contributed by atoms with Gasteiger partial charge >= 0.3 is 0 Å². The Balaban J connectivity index is 2.01. The largest absolute Gasteiger partial charge is 0.393 e. The molecule has 1 aliphatic rings. The highest BCUT2D eigenvalue weighted by molar-refractivity contribution is 5.98. The van der Waals surface area contributed by atoms with Crippen molar-refractivity contribution in [1.29, 1.82) is 0 Å². The number of rotatable bonds is 5. The maximum absolute atomic E-state index is 12.4. The van der Waals surface area contributed by atoms with E-state index >= 15 is 0 Å². The fourth-order valence-electron chi connectivity index (χ4n) is 2.41. The first-order valence-corrected chi connectivity index (χ1v) is 6.74. The van der Waals surface area contributed by atoms with Gasteiger partial charge < -0.3 is 15.3 Å². The lowest BCUT2D eigenvalue weighted by atomic mass is 9.82. The molecule has 5 nitrogen and oxygen atoms in total. The first kappa shape index (κ1) is 13.8. The minimum Gasteiger partial charge on any atom is -0.393 e. The molecule has 1 saturated carbocycles. The van der Waals surface area contributed by atoms with Crippen LogP contribution in [0.2, 0.25) is 0 Å². The number of anilines is 1. The van der Waals surface area contributed by atoms with Gasteiger partial charge in [-0.15, -0.1) is 0 Å². The molecule has 104 valence electrons. The van der Waals surface area contributed by atoms with Crippen molar-refractivity contribution in [3.63, 3.8) is 0 Å². The summed E-state index contributed by atoms with van der Waals surface area (Å²) in [5.41, 5.74) is 0.603. The third-order valence-electron chi connectivity index (χ3n) is 3.47. The molecule has 1 heterocycles. The van der Waals surface area contributed by atoms with E-state index in [1.165, 1.54) is 0 Å². The quantitative estimate of drug-likeness (QED) is 0.841. The number of aliphatic hydroxyl groups is 1. The minimum absolute atomic E-state index is 0.0227. The zero-order chi connectivity index (χ0) is 13.8. The molecule has 1 fully saturated rings. The number of pyridine rings is 1. The third-order valence-corrected chi connectivity index (χ3v) is 3.47. The Morgan fingerprint density at radius 1 is 1.58 bits per heavy atom. The van der Waals surface area contributed by atoms with E-state index in [-0.39, 0.29) is 12.0 Å². The van der Waals surface area contributed by atoms with Crippen molar-refractivity contribution in [2.45, 2.75) is 25.9 Å². The Morgan fingerprint density at radius 2 is 2.32 bits per heavy atom. The fraction of sp³-hybridized carbons (Fsp3) is 0.571. The molecule has 5 heteroatoms. The number of hydrogen-bond acceptors (Lipinski definition) is 4. The van der Waals surface area contributed by atoms with E-state index in [0.717, 1.165) is 19.4 Å². The van der Waals surface area contributed by atoms with Crippen LogP contribution in [0.25, 0.3) is 0 Å². The normalized spacial score (nSPS) is 21.6. The van der Waals surface area contributed by atoms with Gasteiger partial charge in [-0.2, -0.15) is 0 Å². The average Bonchev–Trinajstić information content (AvgIpc) is 2.37.